The van der Waals surface area contributed by atoms with E-state index >= 15 is 0 Å². The van der Waals surface area contributed by atoms with E-state index in [1.807, 2.05) is 0 Å². The van der Waals surface area contributed by atoms with Gasteiger partial charge in [0.25, 0.3) is 0 Å². The molecule has 2 saturated heterocycles. The van der Waals surface area contributed by atoms with Crippen LogP contribution in [-0.4, -0.2) is 32.4 Å². The molecule has 0 aliphatic carbocycles. The van der Waals surface area contributed by atoms with Gasteiger partial charge in [0, 0.05) is 6.61 Å². The van der Waals surface area contributed by atoms with Crippen LogP contribution in [-0.2, 0) is 9.47 Å². The Labute approximate surface area is 74.4 Å². The molecule has 0 amide bonds. The van der Waals surface area contributed by atoms with Crippen molar-refractivity contribution in [1.29, 1.82) is 0 Å². The van der Waals surface area contributed by atoms with Gasteiger partial charge in [-0.05, 0) is 12.2 Å². The molecule has 0 bridgehead atoms. The Kier molecular flexibility index (Phi) is 2.07. The van der Waals surface area contributed by atoms with Crippen molar-refractivity contribution in [3.63, 3.8) is 0 Å². The predicted octanol–water partition coefficient (Wildman–Crippen LogP) is 1.78. The standard InChI is InChI=1S/C7H11BF3O2/c9-8(10,11)6-1-2-7(13-3-6)4-12-5-7/h6H,1-5H2/q-1. The molecule has 76 valence electrons. The zero-order valence-electron chi connectivity index (χ0n) is 7.14. The molecule has 2 nitrogen and oxygen atoms in total. The second kappa shape index (κ2) is 2.88. The van der Waals surface area contributed by atoms with Gasteiger partial charge in [0.15, 0.2) is 0 Å². The van der Waals surface area contributed by atoms with Crippen molar-refractivity contribution in [2.75, 3.05) is 19.8 Å². The minimum absolute atomic E-state index is 0.174. The molecule has 0 aromatic carbocycles. The molecule has 6 heteroatoms. The van der Waals surface area contributed by atoms with E-state index in [1.165, 1.54) is 0 Å². The largest absolute Gasteiger partial charge is 0.483 e. The molecule has 0 aromatic heterocycles. The van der Waals surface area contributed by atoms with Crippen LogP contribution in [0, 0.1) is 0 Å². The smallest absolute Gasteiger partial charge is 0.449 e. The highest BCUT2D eigenvalue weighted by Crippen LogP contribution is 2.41. The zero-order chi connectivity index (χ0) is 9.53. The molecule has 1 unspecified atom stereocenters. The summed E-state index contributed by atoms with van der Waals surface area (Å²) in [6, 6.07) is 0. The minimum Gasteiger partial charge on any atom is -0.449 e. The van der Waals surface area contributed by atoms with Gasteiger partial charge in [-0.1, -0.05) is 6.42 Å². The van der Waals surface area contributed by atoms with Gasteiger partial charge in [-0.15, -0.1) is 0 Å². The fraction of sp³-hybridized carbons (Fsp3) is 1.00. The Bertz CT molecular complexity index is 192. The van der Waals surface area contributed by atoms with Crippen molar-refractivity contribution in [3.05, 3.63) is 0 Å². The molecule has 1 atom stereocenters. The van der Waals surface area contributed by atoms with E-state index < -0.39 is 12.8 Å². The topological polar surface area (TPSA) is 18.5 Å². The molecule has 0 radical (unpaired) electrons. The minimum atomic E-state index is -4.72. The molecule has 2 aliphatic heterocycles. The maximum atomic E-state index is 12.3. The third kappa shape index (κ3) is 1.69. The van der Waals surface area contributed by atoms with E-state index in [-0.39, 0.29) is 18.6 Å². The van der Waals surface area contributed by atoms with Gasteiger partial charge in [0.05, 0.1) is 13.2 Å². The monoisotopic (exact) mass is 195 g/mol. The summed E-state index contributed by atoms with van der Waals surface area (Å²) in [4.78, 5) is 0. The number of hydrogen-bond acceptors (Lipinski definition) is 2. The highest BCUT2D eigenvalue weighted by Gasteiger charge is 2.47. The molecule has 0 aromatic rings. The molecular weight excluding hydrogens is 184 g/mol. The fourth-order valence-corrected chi connectivity index (χ4v) is 1.74. The van der Waals surface area contributed by atoms with Gasteiger partial charge in [0.1, 0.15) is 5.60 Å². The maximum absolute atomic E-state index is 12.3. The van der Waals surface area contributed by atoms with Crippen molar-refractivity contribution in [3.8, 4) is 0 Å². The first-order valence-electron chi connectivity index (χ1n) is 4.44. The van der Waals surface area contributed by atoms with Crippen LogP contribution in [0.2, 0.25) is 5.82 Å². The van der Waals surface area contributed by atoms with Gasteiger partial charge in [-0.3, -0.25) is 0 Å². The molecule has 2 rings (SSSR count). The fourth-order valence-electron chi connectivity index (χ4n) is 1.74. The van der Waals surface area contributed by atoms with Gasteiger partial charge in [0.2, 0.25) is 0 Å². The quantitative estimate of drug-likeness (QED) is 0.593. The number of rotatable bonds is 1. The van der Waals surface area contributed by atoms with E-state index in [0.29, 0.717) is 19.6 Å². The summed E-state index contributed by atoms with van der Waals surface area (Å²) in [5.41, 5.74) is -0.363. The highest BCUT2D eigenvalue weighted by molar-refractivity contribution is 6.60. The van der Waals surface area contributed by atoms with Crippen LogP contribution < -0.4 is 0 Å². The number of hydrogen-bond donors (Lipinski definition) is 0. The Morgan fingerprint density at radius 2 is 1.92 bits per heavy atom. The van der Waals surface area contributed by atoms with Gasteiger partial charge < -0.3 is 22.4 Å². The van der Waals surface area contributed by atoms with Crippen LogP contribution >= 0.6 is 0 Å². The van der Waals surface area contributed by atoms with E-state index in [9.17, 15) is 12.9 Å². The molecule has 0 saturated carbocycles. The summed E-state index contributed by atoms with van der Waals surface area (Å²) in [6.45, 7) is -3.97. The van der Waals surface area contributed by atoms with Crippen molar-refractivity contribution < 1.29 is 22.4 Å². The SMILES string of the molecule is F[B-](F)(F)C1CCC2(COC2)OC1. The summed E-state index contributed by atoms with van der Waals surface area (Å²) in [7, 11) is 0. The van der Waals surface area contributed by atoms with E-state index in [1.54, 1.807) is 0 Å². The van der Waals surface area contributed by atoms with Gasteiger partial charge >= 0.3 is 6.98 Å². The average Bonchev–Trinajstić information content (AvgIpc) is 2.00. The lowest BCUT2D eigenvalue weighted by molar-refractivity contribution is -0.226. The van der Waals surface area contributed by atoms with Crippen LogP contribution in [0.4, 0.5) is 12.9 Å². The lowest BCUT2D eigenvalue weighted by Crippen LogP contribution is -2.55. The van der Waals surface area contributed by atoms with Crippen molar-refractivity contribution in [2.45, 2.75) is 24.3 Å². The highest BCUT2D eigenvalue weighted by atomic mass is 19.4. The first-order valence-corrected chi connectivity index (χ1v) is 4.44. The Morgan fingerprint density at radius 1 is 1.23 bits per heavy atom. The molecule has 2 fully saturated rings. The van der Waals surface area contributed by atoms with E-state index in [2.05, 4.69) is 0 Å². The maximum Gasteiger partial charge on any atom is 0.483 e. The lowest BCUT2D eigenvalue weighted by atomic mass is 9.67. The van der Waals surface area contributed by atoms with Crippen LogP contribution in [0.25, 0.3) is 0 Å². The number of ether oxygens (including phenoxy) is 2. The normalized spacial score (nSPS) is 33.0. The molecule has 2 heterocycles. The Hall–Kier alpha value is -0.225. The van der Waals surface area contributed by atoms with Gasteiger partial charge in [-0.25, -0.2) is 0 Å². The van der Waals surface area contributed by atoms with Crippen LogP contribution in [0.3, 0.4) is 0 Å². The van der Waals surface area contributed by atoms with Gasteiger partial charge in [-0.2, -0.15) is 0 Å². The summed E-state index contributed by atoms with van der Waals surface area (Å²) in [6.07, 6.45) is 0.686. The molecule has 1 spiro atoms. The van der Waals surface area contributed by atoms with Crippen molar-refractivity contribution in [2.24, 2.45) is 0 Å². The zero-order valence-corrected chi connectivity index (χ0v) is 7.14. The van der Waals surface area contributed by atoms with Crippen molar-refractivity contribution in [1.82, 2.24) is 0 Å². The second-order valence-electron chi connectivity index (χ2n) is 3.91. The second-order valence-corrected chi connectivity index (χ2v) is 3.91. The Balaban J connectivity index is 1.89. The predicted molar refractivity (Wildman–Crippen MR) is 41.6 cm³/mol. The van der Waals surface area contributed by atoms with Crippen LogP contribution in [0.15, 0.2) is 0 Å². The molecule has 2 aliphatic rings. The first kappa shape index (κ1) is 9.33. The molecule has 13 heavy (non-hydrogen) atoms. The third-order valence-electron chi connectivity index (χ3n) is 2.84. The van der Waals surface area contributed by atoms with Crippen LogP contribution in [0.5, 0.6) is 0 Å². The van der Waals surface area contributed by atoms with E-state index in [4.69, 9.17) is 9.47 Å². The first-order chi connectivity index (χ1) is 6.02. The summed E-state index contributed by atoms with van der Waals surface area (Å²) >= 11 is 0. The molecule has 0 N–H and O–H groups in total. The van der Waals surface area contributed by atoms with Crippen LogP contribution in [0.1, 0.15) is 12.8 Å². The Morgan fingerprint density at radius 3 is 2.23 bits per heavy atom. The molecular formula is C7H11BF3O2-. The summed E-state index contributed by atoms with van der Waals surface area (Å²) in [5, 5.41) is 0. The lowest BCUT2D eigenvalue weighted by Gasteiger charge is -2.47. The summed E-state index contributed by atoms with van der Waals surface area (Å²) < 4.78 is 46.9. The number of halogens is 3. The van der Waals surface area contributed by atoms with Crippen molar-refractivity contribution >= 4 is 6.98 Å². The summed E-state index contributed by atoms with van der Waals surface area (Å²) in [5.74, 6) is -1.22. The third-order valence-corrected chi connectivity index (χ3v) is 2.84. The average molecular weight is 195 g/mol. The van der Waals surface area contributed by atoms with E-state index in [0.717, 1.165) is 0 Å².